The number of fused-ring (bicyclic) bond motifs is 1. The van der Waals surface area contributed by atoms with Crippen LogP contribution in [-0.2, 0) is 4.79 Å². The summed E-state index contributed by atoms with van der Waals surface area (Å²) in [5.74, 6) is 1.66. The van der Waals surface area contributed by atoms with Crippen molar-refractivity contribution in [1.82, 2.24) is 0 Å². The third-order valence-corrected chi connectivity index (χ3v) is 5.30. The summed E-state index contributed by atoms with van der Waals surface area (Å²) in [7, 11) is 1.57. The lowest BCUT2D eigenvalue weighted by Gasteiger charge is -2.10. The van der Waals surface area contributed by atoms with E-state index < -0.39 is 10.9 Å². The molecule has 0 radical (unpaired) electrons. The van der Waals surface area contributed by atoms with Crippen molar-refractivity contribution in [3.8, 4) is 34.1 Å². The number of methoxy groups -OCH3 is 1. The molecular formula is C24H20O7S. The van der Waals surface area contributed by atoms with Crippen molar-refractivity contribution in [3.05, 3.63) is 70.4 Å². The van der Waals surface area contributed by atoms with Gasteiger partial charge < -0.3 is 23.4 Å². The first-order valence-corrected chi connectivity index (χ1v) is 10.7. The summed E-state index contributed by atoms with van der Waals surface area (Å²) in [4.78, 5) is 23.8. The second-order valence-corrected chi connectivity index (χ2v) is 7.63. The fourth-order valence-corrected chi connectivity index (χ4v) is 3.82. The lowest BCUT2D eigenvalue weighted by Crippen LogP contribution is -2.17. The maximum Gasteiger partial charge on any atom is 0.396 e. The molecule has 1 heterocycles. The van der Waals surface area contributed by atoms with E-state index in [1.807, 2.05) is 31.2 Å². The van der Waals surface area contributed by atoms with Gasteiger partial charge in [0.2, 0.25) is 0 Å². The monoisotopic (exact) mass is 452 g/mol. The molecule has 8 heteroatoms. The van der Waals surface area contributed by atoms with E-state index in [9.17, 15) is 9.59 Å². The number of esters is 1. The van der Waals surface area contributed by atoms with Gasteiger partial charge in [-0.3, -0.25) is 0 Å². The van der Waals surface area contributed by atoms with Gasteiger partial charge in [0.1, 0.15) is 23.0 Å². The van der Waals surface area contributed by atoms with Crippen LogP contribution >= 0.6 is 11.3 Å². The van der Waals surface area contributed by atoms with Crippen LogP contribution in [0.15, 0.2) is 69.9 Å². The minimum absolute atomic E-state index is 0.273. The Morgan fingerprint density at radius 1 is 0.906 bits per heavy atom. The zero-order valence-electron chi connectivity index (χ0n) is 17.5. The summed E-state index contributed by atoms with van der Waals surface area (Å²) >= 11 is 0.946. The van der Waals surface area contributed by atoms with Gasteiger partial charge in [-0.15, -0.1) is 0 Å². The van der Waals surface area contributed by atoms with Crippen LogP contribution in [0.2, 0.25) is 0 Å². The van der Waals surface area contributed by atoms with Crippen molar-refractivity contribution in [2.75, 3.05) is 20.3 Å². The number of ether oxygens (including phenoxy) is 4. The van der Waals surface area contributed by atoms with Crippen molar-refractivity contribution in [1.29, 1.82) is 0 Å². The molecule has 164 valence electrons. The fraction of sp³-hybridized carbons (Fsp3) is 0.167. The van der Waals surface area contributed by atoms with E-state index in [0.717, 1.165) is 22.6 Å². The van der Waals surface area contributed by atoms with Gasteiger partial charge >= 0.3 is 10.9 Å². The standard InChI is InChI=1S/C24H20O7S/c1-3-28-17-6-4-15(5-7-17)20-12-19(13-21-23(20)31-24(26)32-21)30-22(25)14-29-18-10-8-16(27-2)9-11-18/h4-13H,3,14H2,1-2H3. The summed E-state index contributed by atoms with van der Waals surface area (Å²) in [5, 5.41) is 0. The van der Waals surface area contributed by atoms with Crippen molar-refractivity contribution in [3.63, 3.8) is 0 Å². The molecule has 0 aliphatic heterocycles. The van der Waals surface area contributed by atoms with Crippen molar-refractivity contribution in [2.45, 2.75) is 6.92 Å². The average Bonchev–Trinajstić information content (AvgIpc) is 3.18. The number of rotatable bonds is 8. The third-order valence-electron chi connectivity index (χ3n) is 4.53. The highest BCUT2D eigenvalue weighted by molar-refractivity contribution is 7.16. The summed E-state index contributed by atoms with van der Waals surface area (Å²) < 4.78 is 27.5. The number of carbonyl (C=O) groups is 1. The molecule has 0 amide bonds. The average molecular weight is 452 g/mol. The normalized spacial score (nSPS) is 10.7. The van der Waals surface area contributed by atoms with Gasteiger partial charge in [-0.1, -0.05) is 23.5 Å². The molecule has 0 saturated heterocycles. The molecule has 4 aromatic rings. The number of benzene rings is 3. The maximum atomic E-state index is 12.3. The molecule has 1 aromatic heterocycles. The molecular weight excluding hydrogens is 432 g/mol. The molecule has 0 fully saturated rings. The largest absolute Gasteiger partial charge is 0.497 e. The Morgan fingerprint density at radius 3 is 2.25 bits per heavy atom. The SMILES string of the molecule is CCOc1ccc(-c2cc(OC(=O)COc3ccc(OC)cc3)cc3sc(=O)oc23)cc1. The molecule has 4 rings (SSSR count). The van der Waals surface area contributed by atoms with Crippen molar-refractivity contribution in [2.24, 2.45) is 0 Å². The molecule has 0 unspecified atom stereocenters. The Labute approximate surface area is 187 Å². The van der Waals surface area contributed by atoms with Crippen LogP contribution in [0.3, 0.4) is 0 Å². The minimum Gasteiger partial charge on any atom is -0.497 e. The minimum atomic E-state index is -0.575. The van der Waals surface area contributed by atoms with Gasteiger partial charge in [0.25, 0.3) is 0 Å². The highest BCUT2D eigenvalue weighted by atomic mass is 32.1. The van der Waals surface area contributed by atoms with E-state index in [1.54, 1.807) is 43.5 Å². The van der Waals surface area contributed by atoms with Crippen LogP contribution in [0.25, 0.3) is 21.4 Å². The highest BCUT2D eigenvalue weighted by Gasteiger charge is 2.15. The highest BCUT2D eigenvalue weighted by Crippen LogP contribution is 2.35. The van der Waals surface area contributed by atoms with E-state index in [-0.39, 0.29) is 6.61 Å². The molecule has 7 nitrogen and oxygen atoms in total. The van der Waals surface area contributed by atoms with Crippen LogP contribution in [0.4, 0.5) is 0 Å². The van der Waals surface area contributed by atoms with Crippen molar-refractivity contribution >= 4 is 27.6 Å². The smallest absolute Gasteiger partial charge is 0.396 e. The zero-order valence-corrected chi connectivity index (χ0v) is 18.3. The summed E-state index contributed by atoms with van der Waals surface area (Å²) in [6, 6.07) is 17.5. The lowest BCUT2D eigenvalue weighted by molar-refractivity contribution is -0.136. The second-order valence-electron chi connectivity index (χ2n) is 6.65. The van der Waals surface area contributed by atoms with E-state index in [2.05, 4.69) is 0 Å². The Bertz CT molecular complexity index is 1270. The van der Waals surface area contributed by atoms with Gasteiger partial charge in [-0.25, -0.2) is 9.59 Å². The molecule has 0 N–H and O–H groups in total. The summed E-state index contributed by atoms with van der Waals surface area (Å²) in [6.07, 6.45) is 0. The van der Waals surface area contributed by atoms with Crippen LogP contribution in [0, 0.1) is 0 Å². The predicted molar refractivity (Wildman–Crippen MR) is 121 cm³/mol. The fourth-order valence-electron chi connectivity index (χ4n) is 3.10. The Balaban J connectivity index is 1.54. The van der Waals surface area contributed by atoms with Crippen LogP contribution < -0.4 is 23.9 Å². The van der Waals surface area contributed by atoms with Gasteiger partial charge in [0.05, 0.1) is 18.4 Å². The van der Waals surface area contributed by atoms with E-state index in [1.165, 1.54) is 0 Å². The van der Waals surface area contributed by atoms with Crippen molar-refractivity contribution < 1.29 is 28.2 Å². The van der Waals surface area contributed by atoms with E-state index in [4.69, 9.17) is 23.4 Å². The van der Waals surface area contributed by atoms with E-state index in [0.29, 0.717) is 39.7 Å². The van der Waals surface area contributed by atoms with Gasteiger partial charge in [-0.2, -0.15) is 0 Å². The first-order valence-electron chi connectivity index (χ1n) is 9.84. The van der Waals surface area contributed by atoms with Gasteiger partial charge in [0, 0.05) is 11.6 Å². The predicted octanol–water partition coefficient (Wildman–Crippen LogP) is 4.91. The summed E-state index contributed by atoms with van der Waals surface area (Å²) in [5.41, 5.74) is 1.88. The number of carbonyl (C=O) groups excluding carboxylic acids is 1. The zero-order chi connectivity index (χ0) is 22.5. The molecule has 0 saturated carbocycles. The van der Waals surface area contributed by atoms with Crippen LogP contribution in [0.1, 0.15) is 6.92 Å². The van der Waals surface area contributed by atoms with Gasteiger partial charge in [0.15, 0.2) is 12.2 Å². The molecule has 0 aliphatic carbocycles. The lowest BCUT2D eigenvalue weighted by atomic mass is 10.0. The Morgan fingerprint density at radius 2 is 1.56 bits per heavy atom. The second kappa shape index (κ2) is 9.57. The third kappa shape index (κ3) is 4.92. The first kappa shape index (κ1) is 21.5. The summed E-state index contributed by atoms with van der Waals surface area (Å²) in [6.45, 7) is 2.20. The van der Waals surface area contributed by atoms with Crippen LogP contribution in [0.5, 0.6) is 23.0 Å². The first-order chi connectivity index (χ1) is 15.6. The van der Waals surface area contributed by atoms with Gasteiger partial charge in [-0.05, 0) is 55.0 Å². The molecule has 0 bridgehead atoms. The Hall–Kier alpha value is -3.78. The van der Waals surface area contributed by atoms with Crippen LogP contribution in [-0.4, -0.2) is 26.3 Å². The quantitative estimate of drug-likeness (QED) is 0.277. The number of hydrogen-bond acceptors (Lipinski definition) is 8. The Kier molecular flexibility index (Phi) is 6.42. The molecule has 3 aromatic carbocycles. The molecule has 0 aliphatic rings. The number of hydrogen-bond donors (Lipinski definition) is 0. The molecule has 0 spiro atoms. The molecule has 32 heavy (non-hydrogen) atoms. The maximum absolute atomic E-state index is 12.3. The topological polar surface area (TPSA) is 84.2 Å². The van der Waals surface area contributed by atoms with E-state index >= 15 is 0 Å². The molecule has 0 atom stereocenters.